The molecule has 0 spiro atoms. The number of halogens is 1. The van der Waals surface area contributed by atoms with Crippen LogP contribution in [0.5, 0.6) is 0 Å². The van der Waals surface area contributed by atoms with Gasteiger partial charge >= 0.3 is 0 Å². The van der Waals surface area contributed by atoms with Crippen molar-refractivity contribution in [1.29, 1.82) is 0 Å². The number of Topliss-reactive ketones (excluding diaryl/α,β-unsaturated/α-hetero) is 1. The van der Waals surface area contributed by atoms with E-state index in [4.69, 9.17) is 0 Å². The van der Waals surface area contributed by atoms with E-state index in [0.717, 1.165) is 31.6 Å². The van der Waals surface area contributed by atoms with Gasteiger partial charge in [-0.1, -0.05) is 24.8 Å². The van der Waals surface area contributed by atoms with Gasteiger partial charge < -0.3 is 0 Å². The van der Waals surface area contributed by atoms with Crippen molar-refractivity contribution in [3.8, 4) is 0 Å². The molecule has 1 nitrogen and oxygen atoms in total. The number of fused-ring (bicyclic) bond motifs is 2. The third kappa shape index (κ3) is 2.63. The maximum atomic E-state index is 13.4. The van der Waals surface area contributed by atoms with Gasteiger partial charge in [0, 0.05) is 26.7 Å². The van der Waals surface area contributed by atoms with Crippen LogP contribution in [0.2, 0.25) is 0 Å². The molecule has 0 unspecified atom stereocenters. The summed E-state index contributed by atoms with van der Waals surface area (Å²) in [5.74, 6) is 0.827. The summed E-state index contributed by atoms with van der Waals surface area (Å²) in [4.78, 5) is 15.3. The van der Waals surface area contributed by atoms with Crippen molar-refractivity contribution in [3.05, 3.63) is 53.3 Å². The highest BCUT2D eigenvalue weighted by Crippen LogP contribution is 2.38. The second-order valence-corrected chi connectivity index (χ2v) is 6.97. The van der Waals surface area contributed by atoms with Crippen LogP contribution in [0.1, 0.15) is 22.8 Å². The lowest BCUT2D eigenvalue weighted by atomic mass is 10.0. The summed E-state index contributed by atoms with van der Waals surface area (Å²) in [5.41, 5.74) is 1.66. The molecule has 0 aliphatic carbocycles. The largest absolute Gasteiger partial charge is 0.294 e. The van der Waals surface area contributed by atoms with Crippen LogP contribution in [0.3, 0.4) is 0 Å². The molecule has 20 heavy (non-hydrogen) atoms. The summed E-state index contributed by atoms with van der Waals surface area (Å²) < 4.78 is 13.4. The maximum absolute atomic E-state index is 13.4. The lowest BCUT2D eigenvalue weighted by Gasteiger charge is -2.07. The number of hydrogen-bond donors (Lipinski definition) is 0. The number of hydrogen-bond acceptors (Lipinski definition) is 3. The minimum atomic E-state index is -0.259. The molecule has 0 N–H and O–H groups in total. The van der Waals surface area contributed by atoms with Gasteiger partial charge in [-0.25, -0.2) is 4.39 Å². The molecule has 0 fully saturated rings. The van der Waals surface area contributed by atoms with E-state index in [1.807, 2.05) is 18.2 Å². The normalized spacial score (nSPS) is 13.6. The highest BCUT2D eigenvalue weighted by molar-refractivity contribution is 7.99. The summed E-state index contributed by atoms with van der Waals surface area (Å²) in [6.07, 6.45) is 0.343. The Balaban J connectivity index is 2.06. The summed E-state index contributed by atoms with van der Waals surface area (Å²) in [5, 5.41) is 0. The van der Waals surface area contributed by atoms with Gasteiger partial charge in [-0.3, -0.25) is 4.79 Å². The molecule has 0 bridgehead atoms. The van der Waals surface area contributed by atoms with Crippen LogP contribution in [0.25, 0.3) is 0 Å². The van der Waals surface area contributed by atoms with Gasteiger partial charge in [-0.05, 0) is 41.6 Å². The van der Waals surface area contributed by atoms with Gasteiger partial charge in [0.1, 0.15) is 5.82 Å². The summed E-state index contributed by atoms with van der Waals surface area (Å²) in [7, 11) is 0. The minimum Gasteiger partial charge on any atom is -0.294 e. The zero-order chi connectivity index (χ0) is 14.1. The molecule has 1 aliphatic rings. The Bertz CT molecular complexity index is 682. The first-order valence-corrected chi connectivity index (χ1v) is 8.24. The Morgan fingerprint density at radius 3 is 2.85 bits per heavy atom. The molecule has 1 heterocycles. The molecule has 3 rings (SSSR count). The van der Waals surface area contributed by atoms with Crippen LogP contribution in [-0.2, 0) is 6.42 Å². The molecule has 102 valence electrons. The zero-order valence-corrected chi connectivity index (χ0v) is 12.6. The monoisotopic (exact) mass is 304 g/mol. The third-order valence-corrected chi connectivity index (χ3v) is 5.21. The van der Waals surface area contributed by atoms with Gasteiger partial charge in [-0.15, -0.1) is 11.8 Å². The smallest absolute Gasteiger partial charge is 0.168 e. The maximum Gasteiger partial charge on any atom is 0.168 e. The minimum absolute atomic E-state index is 0.108. The van der Waals surface area contributed by atoms with Gasteiger partial charge in [0.25, 0.3) is 0 Å². The van der Waals surface area contributed by atoms with Crippen molar-refractivity contribution in [3.63, 3.8) is 0 Å². The van der Waals surface area contributed by atoms with E-state index in [2.05, 4.69) is 6.92 Å². The predicted octanol–water partition coefficient (Wildman–Crippen LogP) is 4.83. The molecule has 0 amide bonds. The van der Waals surface area contributed by atoms with Gasteiger partial charge in [-0.2, -0.15) is 0 Å². The van der Waals surface area contributed by atoms with E-state index in [1.165, 1.54) is 23.9 Å². The predicted molar refractivity (Wildman–Crippen MR) is 81.4 cm³/mol. The summed E-state index contributed by atoms with van der Waals surface area (Å²) in [6, 6.07) is 10.6. The van der Waals surface area contributed by atoms with Crippen LogP contribution < -0.4 is 0 Å². The summed E-state index contributed by atoms with van der Waals surface area (Å²) in [6.45, 7) is 2.09. The number of benzene rings is 2. The number of carbonyl (C=O) groups is 1. The fourth-order valence-electron chi connectivity index (χ4n) is 2.23. The lowest BCUT2D eigenvalue weighted by Crippen LogP contribution is -2.03. The standard InChI is InChI=1S/C16H13FOS2/c1-2-19-12-5-6-15-13(9-12)14(18)7-10-3-4-11(17)8-16(10)20-15/h3-6,8-9H,2,7H2,1H3. The topological polar surface area (TPSA) is 17.1 Å². The van der Waals surface area contributed by atoms with Crippen LogP contribution in [0.4, 0.5) is 4.39 Å². The molecule has 4 heteroatoms. The number of rotatable bonds is 2. The Kier molecular flexibility index (Phi) is 3.85. The van der Waals surface area contributed by atoms with Crippen molar-refractivity contribution in [2.75, 3.05) is 5.75 Å². The van der Waals surface area contributed by atoms with E-state index in [0.29, 0.717) is 6.42 Å². The summed E-state index contributed by atoms with van der Waals surface area (Å²) >= 11 is 3.20. The number of carbonyl (C=O) groups excluding carboxylic acids is 1. The molecule has 0 saturated carbocycles. The van der Waals surface area contributed by atoms with Crippen molar-refractivity contribution < 1.29 is 9.18 Å². The Labute approximate surface area is 126 Å². The molecular weight excluding hydrogens is 291 g/mol. The fraction of sp³-hybridized carbons (Fsp3) is 0.188. The van der Waals surface area contributed by atoms with Crippen LogP contribution in [0, 0.1) is 5.82 Å². The third-order valence-electron chi connectivity index (χ3n) is 3.16. The van der Waals surface area contributed by atoms with Gasteiger partial charge in [0.05, 0.1) is 0 Å². The Morgan fingerprint density at radius 1 is 1.20 bits per heavy atom. The lowest BCUT2D eigenvalue weighted by molar-refractivity contribution is 0.0990. The highest BCUT2D eigenvalue weighted by atomic mass is 32.2. The molecule has 2 aromatic rings. The second kappa shape index (κ2) is 5.62. The quantitative estimate of drug-likeness (QED) is 0.740. The van der Waals surface area contributed by atoms with E-state index in [-0.39, 0.29) is 11.6 Å². The van der Waals surface area contributed by atoms with Gasteiger partial charge in [0.15, 0.2) is 5.78 Å². The van der Waals surface area contributed by atoms with Crippen molar-refractivity contribution in [1.82, 2.24) is 0 Å². The van der Waals surface area contributed by atoms with E-state index in [1.54, 1.807) is 17.8 Å². The Morgan fingerprint density at radius 2 is 2.05 bits per heavy atom. The van der Waals surface area contributed by atoms with Gasteiger partial charge in [0.2, 0.25) is 0 Å². The van der Waals surface area contributed by atoms with E-state index < -0.39 is 0 Å². The average Bonchev–Trinajstić information content (AvgIpc) is 2.56. The number of thioether (sulfide) groups is 1. The SMILES string of the molecule is CCSc1ccc2c(c1)C(=O)Cc1ccc(F)cc1S2. The zero-order valence-electron chi connectivity index (χ0n) is 11.0. The first-order valence-electron chi connectivity index (χ1n) is 6.43. The average molecular weight is 304 g/mol. The molecule has 0 saturated heterocycles. The highest BCUT2D eigenvalue weighted by Gasteiger charge is 2.21. The molecule has 0 radical (unpaired) electrons. The Hall–Kier alpha value is -1.26. The molecule has 1 aliphatic heterocycles. The van der Waals surface area contributed by atoms with Crippen LogP contribution in [0.15, 0.2) is 51.1 Å². The molecular formula is C16H13FOS2. The first kappa shape index (κ1) is 13.7. The van der Waals surface area contributed by atoms with Crippen molar-refractivity contribution in [2.24, 2.45) is 0 Å². The first-order chi connectivity index (χ1) is 9.67. The van der Waals surface area contributed by atoms with E-state index in [9.17, 15) is 9.18 Å². The van der Waals surface area contributed by atoms with Crippen molar-refractivity contribution >= 4 is 29.3 Å². The van der Waals surface area contributed by atoms with Crippen molar-refractivity contribution in [2.45, 2.75) is 28.0 Å². The number of ketones is 1. The van der Waals surface area contributed by atoms with Crippen LogP contribution in [-0.4, -0.2) is 11.5 Å². The molecule has 0 atom stereocenters. The van der Waals surface area contributed by atoms with Crippen LogP contribution >= 0.6 is 23.5 Å². The fourth-order valence-corrected chi connectivity index (χ4v) is 4.03. The second-order valence-electron chi connectivity index (χ2n) is 4.55. The van der Waals surface area contributed by atoms with E-state index >= 15 is 0 Å². The molecule has 2 aromatic carbocycles. The molecule has 0 aromatic heterocycles.